The molecule has 1 N–H and O–H groups in total. The maximum atomic E-state index is 13.6. The highest BCUT2D eigenvalue weighted by atomic mass is 19.1. The van der Waals surface area contributed by atoms with Gasteiger partial charge >= 0.3 is 0 Å². The highest BCUT2D eigenvalue weighted by Gasteiger charge is 2.12. The molecule has 0 radical (unpaired) electrons. The topological polar surface area (TPSA) is 68.0 Å². The Kier molecular flexibility index (Phi) is 4.93. The number of hydrogen-bond acceptors (Lipinski definition) is 4. The zero-order valence-electron chi connectivity index (χ0n) is 14.8. The normalized spacial score (nSPS) is 10.6. The lowest BCUT2D eigenvalue weighted by molar-refractivity contribution is 0.0950. The van der Waals surface area contributed by atoms with E-state index in [0.717, 1.165) is 5.56 Å². The van der Waals surface area contributed by atoms with Gasteiger partial charge in [-0.2, -0.15) is 0 Å². The lowest BCUT2D eigenvalue weighted by atomic mass is 10.1. The Hall–Kier alpha value is -3.80. The van der Waals surface area contributed by atoms with Gasteiger partial charge in [0.1, 0.15) is 5.82 Å². The van der Waals surface area contributed by atoms with Crippen LogP contribution in [0.5, 0.6) is 0 Å². The van der Waals surface area contributed by atoms with Crippen LogP contribution in [0.25, 0.3) is 22.9 Å². The Morgan fingerprint density at radius 3 is 2.11 bits per heavy atom. The fourth-order valence-electron chi connectivity index (χ4n) is 2.72. The van der Waals surface area contributed by atoms with Gasteiger partial charge in [0.05, 0.1) is 0 Å². The van der Waals surface area contributed by atoms with Crippen LogP contribution in [-0.4, -0.2) is 16.1 Å². The Morgan fingerprint density at radius 2 is 1.43 bits per heavy atom. The van der Waals surface area contributed by atoms with Gasteiger partial charge in [-0.25, -0.2) is 4.39 Å². The molecule has 3 aromatic carbocycles. The molecule has 0 aliphatic heterocycles. The fourth-order valence-corrected chi connectivity index (χ4v) is 2.72. The summed E-state index contributed by atoms with van der Waals surface area (Å²) in [6.45, 7) is 0.122. The Morgan fingerprint density at radius 1 is 0.821 bits per heavy atom. The molecule has 4 aromatic rings. The average Bonchev–Trinajstić information content (AvgIpc) is 3.24. The van der Waals surface area contributed by atoms with Crippen LogP contribution in [0.15, 0.2) is 83.3 Å². The van der Waals surface area contributed by atoms with Crippen LogP contribution in [0, 0.1) is 5.82 Å². The molecule has 0 aliphatic rings. The fraction of sp³-hybridized carbons (Fsp3) is 0.0455. The molecule has 0 bridgehead atoms. The number of amides is 1. The SMILES string of the molecule is O=C(NCc1ccccc1F)c1ccc(-c2nnc(-c3ccccc3)o2)cc1. The van der Waals surface area contributed by atoms with E-state index in [1.54, 1.807) is 42.5 Å². The van der Waals surface area contributed by atoms with Crippen molar-refractivity contribution in [1.82, 2.24) is 15.5 Å². The van der Waals surface area contributed by atoms with Crippen molar-refractivity contribution in [3.05, 3.63) is 95.8 Å². The minimum Gasteiger partial charge on any atom is -0.416 e. The highest BCUT2D eigenvalue weighted by Crippen LogP contribution is 2.23. The molecule has 0 atom stereocenters. The second-order valence-electron chi connectivity index (χ2n) is 6.13. The molecule has 28 heavy (non-hydrogen) atoms. The van der Waals surface area contributed by atoms with Gasteiger partial charge in [-0.15, -0.1) is 10.2 Å². The summed E-state index contributed by atoms with van der Waals surface area (Å²) in [6.07, 6.45) is 0. The number of halogens is 1. The first kappa shape index (κ1) is 17.6. The third kappa shape index (κ3) is 3.81. The van der Waals surface area contributed by atoms with Crippen molar-refractivity contribution in [1.29, 1.82) is 0 Å². The molecule has 0 saturated heterocycles. The van der Waals surface area contributed by atoms with Crippen molar-refractivity contribution in [2.75, 3.05) is 0 Å². The summed E-state index contributed by atoms with van der Waals surface area (Å²) in [4.78, 5) is 12.3. The van der Waals surface area contributed by atoms with Crippen LogP contribution in [0.3, 0.4) is 0 Å². The van der Waals surface area contributed by atoms with Crippen molar-refractivity contribution >= 4 is 5.91 Å². The van der Waals surface area contributed by atoms with E-state index in [1.807, 2.05) is 30.3 Å². The number of carbonyl (C=O) groups is 1. The van der Waals surface area contributed by atoms with E-state index in [2.05, 4.69) is 15.5 Å². The molecular formula is C22H16FN3O2. The van der Waals surface area contributed by atoms with Gasteiger partial charge in [-0.1, -0.05) is 36.4 Å². The largest absolute Gasteiger partial charge is 0.416 e. The van der Waals surface area contributed by atoms with Gasteiger partial charge in [0.25, 0.3) is 5.91 Å². The van der Waals surface area contributed by atoms with Gasteiger partial charge in [0.15, 0.2) is 0 Å². The first-order valence-corrected chi connectivity index (χ1v) is 8.72. The van der Waals surface area contributed by atoms with Crippen molar-refractivity contribution in [3.63, 3.8) is 0 Å². The molecule has 5 nitrogen and oxygen atoms in total. The zero-order chi connectivity index (χ0) is 19.3. The summed E-state index contributed by atoms with van der Waals surface area (Å²) in [6, 6.07) is 22.6. The molecule has 1 amide bonds. The molecule has 0 saturated carbocycles. The van der Waals surface area contributed by atoms with Crippen molar-refractivity contribution in [3.8, 4) is 22.9 Å². The molecule has 138 valence electrons. The van der Waals surface area contributed by atoms with Crippen LogP contribution in [-0.2, 0) is 6.54 Å². The average molecular weight is 373 g/mol. The minimum atomic E-state index is -0.344. The smallest absolute Gasteiger partial charge is 0.251 e. The maximum absolute atomic E-state index is 13.6. The summed E-state index contributed by atoms with van der Waals surface area (Å²) in [5.41, 5.74) is 2.44. The predicted octanol–water partition coefficient (Wildman–Crippen LogP) is 4.47. The van der Waals surface area contributed by atoms with Gasteiger partial charge in [-0.05, 0) is 42.5 Å². The maximum Gasteiger partial charge on any atom is 0.251 e. The van der Waals surface area contributed by atoms with Crippen LogP contribution >= 0.6 is 0 Å². The van der Waals surface area contributed by atoms with E-state index in [9.17, 15) is 9.18 Å². The number of hydrogen-bond donors (Lipinski definition) is 1. The third-order valence-electron chi connectivity index (χ3n) is 4.24. The first-order chi connectivity index (χ1) is 13.7. The highest BCUT2D eigenvalue weighted by molar-refractivity contribution is 5.94. The number of aromatic nitrogens is 2. The second-order valence-corrected chi connectivity index (χ2v) is 6.13. The summed E-state index contributed by atoms with van der Waals surface area (Å²) >= 11 is 0. The van der Waals surface area contributed by atoms with Crippen LogP contribution in [0.4, 0.5) is 4.39 Å². The standard InChI is InChI=1S/C22H16FN3O2/c23-19-9-5-4-8-18(19)14-24-20(27)15-10-12-17(13-11-15)22-26-25-21(28-22)16-6-2-1-3-7-16/h1-13H,14H2,(H,24,27). The second kappa shape index (κ2) is 7.84. The molecule has 0 spiro atoms. The van der Waals surface area contributed by atoms with E-state index < -0.39 is 0 Å². The number of carbonyl (C=O) groups excluding carboxylic acids is 1. The lowest BCUT2D eigenvalue weighted by Gasteiger charge is -2.06. The number of rotatable bonds is 5. The zero-order valence-corrected chi connectivity index (χ0v) is 14.8. The molecule has 0 aliphatic carbocycles. The predicted molar refractivity (Wildman–Crippen MR) is 103 cm³/mol. The summed E-state index contributed by atoms with van der Waals surface area (Å²) in [5, 5.41) is 10.8. The van der Waals surface area contributed by atoms with Crippen molar-refractivity contribution < 1.29 is 13.6 Å². The van der Waals surface area contributed by atoms with E-state index in [-0.39, 0.29) is 18.3 Å². The van der Waals surface area contributed by atoms with Crippen molar-refractivity contribution in [2.45, 2.75) is 6.54 Å². The van der Waals surface area contributed by atoms with Gasteiger partial charge < -0.3 is 9.73 Å². The quantitative estimate of drug-likeness (QED) is 0.560. The number of benzene rings is 3. The summed E-state index contributed by atoms with van der Waals surface area (Å²) in [7, 11) is 0. The number of nitrogens with one attached hydrogen (secondary N) is 1. The van der Waals surface area contributed by atoms with Gasteiger partial charge in [0.2, 0.25) is 11.8 Å². The summed E-state index contributed by atoms with van der Waals surface area (Å²) in [5.74, 6) is 0.175. The molecule has 1 aromatic heterocycles. The summed E-state index contributed by atoms with van der Waals surface area (Å²) < 4.78 is 19.3. The molecule has 0 unspecified atom stereocenters. The van der Waals surface area contributed by atoms with E-state index >= 15 is 0 Å². The Labute approximate surface area is 160 Å². The monoisotopic (exact) mass is 373 g/mol. The van der Waals surface area contributed by atoms with Gasteiger partial charge in [-0.3, -0.25) is 4.79 Å². The molecule has 1 heterocycles. The van der Waals surface area contributed by atoms with E-state index in [1.165, 1.54) is 6.07 Å². The van der Waals surface area contributed by atoms with Crippen LogP contribution < -0.4 is 5.32 Å². The molecular weight excluding hydrogens is 357 g/mol. The Balaban J connectivity index is 1.44. The number of nitrogens with zero attached hydrogens (tertiary/aromatic N) is 2. The van der Waals surface area contributed by atoms with Crippen molar-refractivity contribution in [2.24, 2.45) is 0 Å². The Bertz CT molecular complexity index is 1090. The van der Waals surface area contributed by atoms with Gasteiger partial charge in [0, 0.05) is 28.8 Å². The minimum absolute atomic E-state index is 0.122. The molecule has 6 heteroatoms. The molecule has 0 fully saturated rings. The van der Waals surface area contributed by atoms with Crippen LogP contribution in [0.2, 0.25) is 0 Å². The van der Waals surface area contributed by atoms with Crippen LogP contribution in [0.1, 0.15) is 15.9 Å². The third-order valence-corrected chi connectivity index (χ3v) is 4.24. The van der Waals surface area contributed by atoms with E-state index in [4.69, 9.17) is 4.42 Å². The molecule has 4 rings (SSSR count). The van der Waals surface area contributed by atoms with E-state index in [0.29, 0.717) is 28.5 Å². The first-order valence-electron chi connectivity index (χ1n) is 8.72. The lowest BCUT2D eigenvalue weighted by Crippen LogP contribution is -2.23.